The minimum Gasteiger partial charge on any atom is -0.497 e. The lowest BCUT2D eigenvalue weighted by Crippen LogP contribution is -3.11. The van der Waals surface area contributed by atoms with Crippen molar-refractivity contribution in [3.63, 3.8) is 0 Å². The van der Waals surface area contributed by atoms with E-state index in [1.54, 1.807) is 19.2 Å². The number of likely N-dealkylation sites (tertiary alicyclic amines) is 1. The van der Waals surface area contributed by atoms with Gasteiger partial charge in [0, 0.05) is 24.3 Å². The highest BCUT2D eigenvalue weighted by molar-refractivity contribution is 6.11. The predicted molar refractivity (Wildman–Crippen MR) is 89.6 cm³/mol. The van der Waals surface area contributed by atoms with Crippen molar-refractivity contribution in [2.45, 2.75) is 12.8 Å². The van der Waals surface area contributed by atoms with Gasteiger partial charge >= 0.3 is 5.97 Å². The van der Waals surface area contributed by atoms with E-state index in [9.17, 15) is 9.59 Å². The fourth-order valence-electron chi connectivity index (χ4n) is 3.15. The van der Waals surface area contributed by atoms with Gasteiger partial charge in [-0.25, -0.2) is 4.79 Å². The molecule has 2 aromatic rings. The molecule has 1 aromatic carbocycles. The van der Waals surface area contributed by atoms with Crippen molar-refractivity contribution in [2.24, 2.45) is 0 Å². The number of hydrogen-bond donors (Lipinski definition) is 3. The summed E-state index contributed by atoms with van der Waals surface area (Å²) in [6, 6.07) is 5.39. The zero-order chi connectivity index (χ0) is 17.1. The highest BCUT2D eigenvalue weighted by Gasteiger charge is 2.23. The number of nitrogens with one attached hydrogen (secondary N) is 3. The second-order valence-corrected chi connectivity index (χ2v) is 5.96. The molecule has 1 aliphatic rings. The largest absolute Gasteiger partial charge is 0.497 e. The Morgan fingerprint density at radius 1 is 1.25 bits per heavy atom. The van der Waals surface area contributed by atoms with E-state index in [1.165, 1.54) is 12.0 Å². The van der Waals surface area contributed by atoms with Gasteiger partial charge in [-0.15, -0.1) is 0 Å². The van der Waals surface area contributed by atoms with Crippen LogP contribution in [0.2, 0.25) is 0 Å². The molecule has 7 heteroatoms. The van der Waals surface area contributed by atoms with Crippen molar-refractivity contribution < 1.29 is 24.0 Å². The van der Waals surface area contributed by atoms with Gasteiger partial charge in [-0.2, -0.15) is 0 Å². The molecule has 1 saturated heterocycles. The molecule has 0 saturated carbocycles. The Bertz CT molecular complexity index is 763. The first-order chi connectivity index (χ1) is 11.6. The molecule has 1 aromatic heterocycles. The Kier molecular flexibility index (Phi) is 4.71. The average Bonchev–Trinajstić information content (AvgIpc) is 3.21. The van der Waals surface area contributed by atoms with Gasteiger partial charge in [0.05, 0.1) is 38.5 Å². The summed E-state index contributed by atoms with van der Waals surface area (Å²) in [4.78, 5) is 28.7. The summed E-state index contributed by atoms with van der Waals surface area (Å²) >= 11 is 0. The second-order valence-electron chi connectivity index (χ2n) is 5.96. The number of H-pyrrole nitrogens is 1. The molecule has 24 heavy (non-hydrogen) atoms. The highest BCUT2D eigenvalue weighted by atomic mass is 16.5. The number of quaternary nitrogens is 1. The van der Waals surface area contributed by atoms with Crippen LogP contribution >= 0.6 is 0 Å². The third-order valence-electron chi connectivity index (χ3n) is 4.38. The van der Waals surface area contributed by atoms with E-state index in [1.807, 2.05) is 6.07 Å². The third-order valence-corrected chi connectivity index (χ3v) is 4.38. The molecule has 0 atom stereocenters. The van der Waals surface area contributed by atoms with E-state index < -0.39 is 5.97 Å². The number of methoxy groups -OCH3 is 2. The number of benzene rings is 1. The van der Waals surface area contributed by atoms with Crippen molar-refractivity contribution in [1.29, 1.82) is 0 Å². The molecule has 128 valence electrons. The number of ether oxygens (including phenoxy) is 2. The van der Waals surface area contributed by atoms with Crippen molar-refractivity contribution in [3.8, 4) is 5.75 Å². The maximum Gasteiger partial charge on any atom is 0.356 e. The van der Waals surface area contributed by atoms with Crippen LogP contribution in [0.4, 0.5) is 5.69 Å². The van der Waals surface area contributed by atoms with Crippen LogP contribution in [0.1, 0.15) is 23.3 Å². The Balaban J connectivity index is 1.91. The van der Waals surface area contributed by atoms with Crippen LogP contribution in [-0.2, 0) is 9.53 Å². The molecular formula is C17H22N3O4+. The van der Waals surface area contributed by atoms with E-state index in [0.717, 1.165) is 31.3 Å². The van der Waals surface area contributed by atoms with Crippen molar-refractivity contribution in [3.05, 3.63) is 23.9 Å². The molecule has 2 heterocycles. The quantitative estimate of drug-likeness (QED) is 0.699. The second kappa shape index (κ2) is 6.92. The lowest BCUT2D eigenvalue weighted by Gasteiger charge is -2.12. The summed E-state index contributed by atoms with van der Waals surface area (Å²) in [5.74, 6) is 0.0438. The lowest BCUT2D eigenvalue weighted by molar-refractivity contribution is -0.878. The van der Waals surface area contributed by atoms with Crippen LogP contribution < -0.4 is 15.0 Å². The number of aromatic amines is 1. The number of amides is 1. The summed E-state index contributed by atoms with van der Waals surface area (Å²) in [6.07, 6.45) is 2.31. The zero-order valence-corrected chi connectivity index (χ0v) is 13.9. The van der Waals surface area contributed by atoms with Crippen LogP contribution in [-0.4, -0.2) is 50.7 Å². The predicted octanol–water partition coefficient (Wildman–Crippen LogP) is 0.580. The highest BCUT2D eigenvalue weighted by Crippen LogP contribution is 2.30. The number of aromatic nitrogens is 1. The Morgan fingerprint density at radius 3 is 2.67 bits per heavy atom. The molecule has 3 N–H and O–H groups in total. The van der Waals surface area contributed by atoms with Gasteiger partial charge in [0.2, 0.25) is 0 Å². The van der Waals surface area contributed by atoms with Crippen LogP contribution in [0.25, 0.3) is 10.9 Å². The number of anilines is 1. The Hall–Kier alpha value is -2.54. The number of esters is 1. The first-order valence-electron chi connectivity index (χ1n) is 8.04. The SMILES string of the molecule is COC(=O)c1[nH]c2cc(OC)ccc2c1NC(=O)C[NH+]1CCCC1. The molecule has 0 bridgehead atoms. The van der Waals surface area contributed by atoms with Gasteiger partial charge in [-0.1, -0.05) is 0 Å². The summed E-state index contributed by atoms with van der Waals surface area (Å²) in [6.45, 7) is 2.44. The zero-order valence-electron chi connectivity index (χ0n) is 13.9. The van der Waals surface area contributed by atoms with Gasteiger partial charge in [0.1, 0.15) is 11.4 Å². The summed E-state index contributed by atoms with van der Waals surface area (Å²) < 4.78 is 10.0. The summed E-state index contributed by atoms with van der Waals surface area (Å²) in [7, 11) is 2.89. The molecule has 0 aliphatic carbocycles. The molecule has 7 nitrogen and oxygen atoms in total. The van der Waals surface area contributed by atoms with E-state index >= 15 is 0 Å². The van der Waals surface area contributed by atoms with Gasteiger partial charge < -0.3 is 24.7 Å². The number of hydrogen-bond acceptors (Lipinski definition) is 4. The minimum absolute atomic E-state index is 0.103. The third kappa shape index (κ3) is 3.21. The molecular weight excluding hydrogens is 310 g/mol. The first kappa shape index (κ1) is 16.3. The molecule has 1 fully saturated rings. The van der Waals surface area contributed by atoms with Crippen LogP contribution in [0, 0.1) is 0 Å². The van der Waals surface area contributed by atoms with Gasteiger partial charge in [-0.05, 0) is 12.1 Å². The molecule has 1 aliphatic heterocycles. The average molecular weight is 332 g/mol. The molecule has 0 spiro atoms. The van der Waals surface area contributed by atoms with Crippen LogP contribution in [0.3, 0.4) is 0 Å². The molecule has 0 radical (unpaired) electrons. The fraction of sp³-hybridized carbons (Fsp3) is 0.412. The smallest absolute Gasteiger partial charge is 0.356 e. The van der Waals surface area contributed by atoms with E-state index in [0.29, 0.717) is 23.5 Å². The molecule has 1 amide bonds. The Morgan fingerprint density at radius 2 is 2.00 bits per heavy atom. The van der Waals surface area contributed by atoms with E-state index in [-0.39, 0.29) is 11.6 Å². The topological polar surface area (TPSA) is 84.9 Å². The lowest BCUT2D eigenvalue weighted by atomic mass is 10.2. The molecule has 3 rings (SSSR count). The Labute approximate surface area is 139 Å². The maximum atomic E-state index is 12.4. The van der Waals surface area contributed by atoms with Gasteiger partial charge in [-0.3, -0.25) is 4.79 Å². The van der Waals surface area contributed by atoms with Crippen LogP contribution in [0.15, 0.2) is 18.2 Å². The number of carbonyl (C=O) groups is 2. The standard InChI is InChI=1S/C17H21N3O4/c1-23-11-5-6-12-13(9-11)18-16(17(22)24-2)15(12)19-14(21)10-20-7-3-4-8-20/h5-6,9,18H,3-4,7-8,10H2,1-2H3,(H,19,21)/p+1. The summed E-state index contributed by atoms with van der Waals surface area (Å²) in [5.41, 5.74) is 1.41. The summed E-state index contributed by atoms with van der Waals surface area (Å²) in [5, 5.41) is 3.63. The molecule has 0 unspecified atom stereocenters. The van der Waals surface area contributed by atoms with Crippen molar-refractivity contribution in [1.82, 2.24) is 4.98 Å². The van der Waals surface area contributed by atoms with E-state index in [2.05, 4.69) is 10.3 Å². The van der Waals surface area contributed by atoms with Crippen molar-refractivity contribution in [2.75, 3.05) is 39.2 Å². The number of fused-ring (bicyclic) bond motifs is 1. The normalized spacial score (nSPS) is 14.8. The number of rotatable bonds is 5. The number of carbonyl (C=O) groups excluding carboxylic acids is 2. The first-order valence-corrected chi connectivity index (χ1v) is 8.04. The van der Waals surface area contributed by atoms with Gasteiger partial charge in [0.15, 0.2) is 6.54 Å². The van der Waals surface area contributed by atoms with E-state index in [4.69, 9.17) is 9.47 Å². The fourth-order valence-corrected chi connectivity index (χ4v) is 3.15. The maximum absolute atomic E-state index is 12.4. The monoisotopic (exact) mass is 332 g/mol. The van der Waals surface area contributed by atoms with Crippen molar-refractivity contribution >= 4 is 28.5 Å². The van der Waals surface area contributed by atoms with Gasteiger partial charge in [0.25, 0.3) is 5.91 Å². The van der Waals surface area contributed by atoms with Crippen LogP contribution in [0.5, 0.6) is 5.75 Å². The minimum atomic E-state index is -0.519.